The van der Waals surface area contributed by atoms with Crippen molar-refractivity contribution in [1.82, 2.24) is 10.2 Å². The Morgan fingerprint density at radius 3 is 2.58 bits per heavy atom. The molecule has 8 nitrogen and oxygen atoms in total. The summed E-state index contributed by atoms with van der Waals surface area (Å²) in [5, 5.41) is 1.93. The molecule has 2 atom stereocenters. The second-order valence-electron chi connectivity index (χ2n) is 6.70. The van der Waals surface area contributed by atoms with E-state index in [-0.39, 0.29) is 30.7 Å². The lowest BCUT2D eigenvalue weighted by Crippen LogP contribution is -2.81. The largest absolute Gasteiger partial charge is 0.497 e. The van der Waals surface area contributed by atoms with Crippen LogP contribution in [-0.4, -0.2) is 65.0 Å². The first kappa shape index (κ1) is 23.7. The topological polar surface area (TPSA) is 94.2 Å². The van der Waals surface area contributed by atoms with Gasteiger partial charge in [0.05, 0.1) is 7.11 Å². The molecule has 3 rings (SSSR count). The molecule has 0 aromatic heterocycles. The van der Waals surface area contributed by atoms with Crippen LogP contribution in [0.4, 0.5) is 0 Å². The van der Waals surface area contributed by atoms with E-state index in [1.807, 2.05) is 0 Å². The number of hydrogen-bond acceptors (Lipinski definition) is 7. The summed E-state index contributed by atoms with van der Waals surface area (Å²) in [5.74, 6) is -0.962. The molecular weight excluding hydrogens is 467 g/mol. The number of amides is 2. The zero-order chi connectivity index (χ0) is 22.6. The van der Waals surface area contributed by atoms with Crippen LogP contribution in [0.3, 0.4) is 0 Å². The zero-order valence-electron chi connectivity index (χ0n) is 17.0. The molecule has 0 spiro atoms. The normalized spacial score (nSPS) is 22.5. The molecule has 1 fully saturated rings. The lowest BCUT2D eigenvalue weighted by molar-refractivity contribution is -0.197. The van der Waals surface area contributed by atoms with Gasteiger partial charge >= 0.3 is 5.97 Å². The predicted molar refractivity (Wildman–Crippen MR) is 117 cm³/mol. The average Bonchev–Trinajstić information content (AvgIpc) is 2.80. The van der Waals surface area contributed by atoms with E-state index in [0.717, 1.165) is 5.56 Å². The van der Waals surface area contributed by atoms with E-state index in [0.29, 0.717) is 17.1 Å². The van der Waals surface area contributed by atoms with Crippen molar-refractivity contribution in [3.63, 3.8) is 0 Å². The number of nitrogens with zero attached hydrogens (tertiary/aromatic N) is 1. The van der Waals surface area contributed by atoms with Gasteiger partial charge < -0.3 is 19.5 Å². The van der Waals surface area contributed by atoms with Crippen molar-refractivity contribution in [1.29, 1.82) is 0 Å². The number of fused-ring (bicyclic) bond motifs is 1. The first-order valence-electron chi connectivity index (χ1n) is 9.46. The maximum atomic E-state index is 13.1. The second-order valence-corrected chi connectivity index (χ2v) is 8.30. The van der Waals surface area contributed by atoms with Crippen molar-refractivity contribution in [2.24, 2.45) is 0 Å². The molecule has 0 aliphatic carbocycles. The van der Waals surface area contributed by atoms with Crippen LogP contribution in [0.15, 0.2) is 35.5 Å². The number of esters is 1. The third-order valence-electron chi connectivity index (χ3n) is 4.81. The molecule has 1 saturated heterocycles. The SMILES string of the molecule is CCOC1(NC(=O)CCl)C(=O)N2C(C(=O)OCc3ccc(OC)cc3)=C(CCl)CS[C@H]21. The van der Waals surface area contributed by atoms with Crippen LogP contribution in [0, 0.1) is 0 Å². The number of β-lactam (4-membered cyclic amide) rings is 1. The molecule has 0 radical (unpaired) electrons. The number of alkyl halides is 2. The van der Waals surface area contributed by atoms with E-state index in [1.165, 1.54) is 16.7 Å². The summed E-state index contributed by atoms with van der Waals surface area (Å²) >= 11 is 13.0. The Morgan fingerprint density at radius 2 is 2.00 bits per heavy atom. The summed E-state index contributed by atoms with van der Waals surface area (Å²) in [4.78, 5) is 39.2. The Labute approximate surface area is 194 Å². The monoisotopic (exact) mass is 488 g/mol. The van der Waals surface area contributed by atoms with Gasteiger partial charge in [0.2, 0.25) is 5.91 Å². The third-order valence-corrected chi connectivity index (χ3v) is 6.75. The zero-order valence-corrected chi connectivity index (χ0v) is 19.3. The lowest BCUT2D eigenvalue weighted by Gasteiger charge is -2.56. The number of hydrogen-bond donors (Lipinski definition) is 1. The summed E-state index contributed by atoms with van der Waals surface area (Å²) in [7, 11) is 1.56. The quantitative estimate of drug-likeness (QED) is 0.246. The first-order valence-corrected chi connectivity index (χ1v) is 11.6. The van der Waals surface area contributed by atoms with E-state index in [2.05, 4.69) is 5.32 Å². The molecule has 1 aromatic carbocycles. The fraction of sp³-hybridized carbons (Fsp3) is 0.450. The molecule has 11 heteroatoms. The Hall–Kier alpha value is -1.94. The number of methoxy groups -OCH3 is 1. The van der Waals surface area contributed by atoms with Gasteiger partial charge in [-0.15, -0.1) is 35.0 Å². The van der Waals surface area contributed by atoms with Crippen molar-refractivity contribution < 1.29 is 28.6 Å². The number of halogens is 2. The van der Waals surface area contributed by atoms with Crippen molar-refractivity contribution in [3.05, 3.63) is 41.1 Å². The number of ether oxygens (including phenoxy) is 3. The van der Waals surface area contributed by atoms with Gasteiger partial charge in [0, 0.05) is 18.2 Å². The molecule has 1 N–H and O–H groups in total. The van der Waals surface area contributed by atoms with Crippen LogP contribution in [0.5, 0.6) is 5.75 Å². The molecule has 0 saturated carbocycles. The minimum atomic E-state index is -1.58. The summed E-state index contributed by atoms with van der Waals surface area (Å²) in [6, 6.07) is 7.07. The van der Waals surface area contributed by atoms with Crippen LogP contribution in [0.1, 0.15) is 12.5 Å². The van der Waals surface area contributed by atoms with Crippen molar-refractivity contribution >= 4 is 52.7 Å². The number of nitrogens with one attached hydrogen (secondary N) is 1. The van der Waals surface area contributed by atoms with E-state index < -0.39 is 28.9 Å². The van der Waals surface area contributed by atoms with Gasteiger partial charge in [-0.1, -0.05) is 12.1 Å². The van der Waals surface area contributed by atoms with Gasteiger partial charge in [0.15, 0.2) is 0 Å². The Kier molecular flexibility index (Phi) is 7.74. The van der Waals surface area contributed by atoms with Crippen molar-refractivity contribution in [2.75, 3.05) is 31.2 Å². The Bertz CT molecular complexity index is 894. The number of rotatable bonds is 9. The highest BCUT2D eigenvalue weighted by molar-refractivity contribution is 8.00. The molecule has 1 unspecified atom stereocenters. The fourth-order valence-electron chi connectivity index (χ4n) is 3.37. The minimum absolute atomic E-state index is 0.0152. The Morgan fingerprint density at radius 1 is 1.29 bits per heavy atom. The minimum Gasteiger partial charge on any atom is -0.497 e. The smallest absolute Gasteiger partial charge is 0.355 e. The van der Waals surface area contributed by atoms with Gasteiger partial charge in [-0.05, 0) is 30.2 Å². The maximum Gasteiger partial charge on any atom is 0.355 e. The molecule has 2 aliphatic rings. The second kappa shape index (κ2) is 10.1. The van der Waals surface area contributed by atoms with Crippen LogP contribution >= 0.6 is 35.0 Å². The summed E-state index contributed by atoms with van der Waals surface area (Å²) in [5.41, 5.74) is -0.153. The summed E-state index contributed by atoms with van der Waals surface area (Å²) in [6.07, 6.45) is 0. The molecule has 168 valence electrons. The fourth-order valence-corrected chi connectivity index (χ4v) is 5.18. The van der Waals surface area contributed by atoms with Crippen LogP contribution in [0.2, 0.25) is 0 Å². The lowest BCUT2D eigenvalue weighted by atomic mass is 9.98. The highest BCUT2D eigenvalue weighted by Crippen LogP contribution is 2.47. The van der Waals surface area contributed by atoms with Crippen LogP contribution in [0.25, 0.3) is 0 Å². The van der Waals surface area contributed by atoms with E-state index in [1.54, 1.807) is 38.3 Å². The molecule has 1 aromatic rings. The summed E-state index contributed by atoms with van der Waals surface area (Å²) < 4.78 is 16.2. The molecule has 2 amide bonds. The molecule has 2 aliphatic heterocycles. The van der Waals surface area contributed by atoms with Crippen molar-refractivity contribution in [3.8, 4) is 5.75 Å². The van der Waals surface area contributed by atoms with E-state index >= 15 is 0 Å². The van der Waals surface area contributed by atoms with Gasteiger partial charge in [-0.25, -0.2) is 4.79 Å². The molecule has 0 bridgehead atoms. The highest BCUT2D eigenvalue weighted by Gasteiger charge is 2.67. The Balaban J connectivity index is 1.80. The maximum absolute atomic E-state index is 13.1. The average molecular weight is 489 g/mol. The van der Waals surface area contributed by atoms with Gasteiger partial charge in [-0.3, -0.25) is 14.5 Å². The first-order chi connectivity index (χ1) is 14.9. The van der Waals surface area contributed by atoms with Crippen LogP contribution in [-0.2, 0) is 30.5 Å². The van der Waals surface area contributed by atoms with Crippen molar-refractivity contribution in [2.45, 2.75) is 24.6 Å². The van der Waals surface area contributed by atoms with Crippen LogP contribution < -0.4 is 10.1 Å². The standard InChI is InChI=1S/C20H22Cl2N2O6S/c1-3-30-20(23-15(25)9-22)18(27)24-16(13(8-21)11-31-19(20)24)17(26)29-10-12-4-6-14(28-2)7-5-12/h4-7,19H,3,8-11H2,1-2H3,(H,23,25)/t19-,20?/m0/s1. The predicted octanol–water partition coefficient (Wildman–Crippen LogP) is 2.23. The van der Waals surface area contributed by atoms with Gasteiger partial charge in [0.25, 0.3) is 11.6 Å². The third kappa shape index (κ3) is 4.50. The van der Waals surface area contributed by atoms with E-state index in [9.17, 15) is 14.4 Å². The number of benzene rings is 1. The molecule has 2 heterocycles. The molecule has 31 heavy (non-hydrogen) atoms. The van der Waals surface area contributed by atoms with Gasteiger partial charge in [-0.2, -0.15) is 0 Å². The molecular formula is C20H22Cl2N2O6S. The number of thioether (sulfide) groups is 1. The number of carbonyl (C=O) groups is 3. The van der Waals surface area contributed by atoms with E-state index in [4.69, 9.17) is 37.4 Å². The number of carbonyl (C=O) groups excluding carboxylic acids is 3. The van der Waals surface area contributed by atoms with Gasteiger partial charge in [0.1, 0.15) is 29.3 Å². The highest BCUT2D eigenvalue weighted by atomic mass is 35.5. The summed E-state index contributed by atoms with van der Waals surface area (Å²) in [6.45, 7) is 1.91.